The molecule has 5 nitrogen and oxygen atoms in total. The van der Waals surface area contributed by atoms with Crippen LogP contribution in [0.2, 0.25) is 0 Å². The van der Waals surface area contributed by atoms with E-state index in [1.165, 1.54) is 18.2 Å². The first-order valence-electron chi connectivity index (χ1n) is 12.2. The van der Waals surface area contributed by atoms with E-state index in [1.807, 2.05) is 50.3 Å². The highest BCUT2D eigenvalue weighted by atomic mass is 19.4. The van der Waals surface area contributed by atoms with Crippen LogP contribution in [0.1, 0.15) is 37.8 Å². The molecule has 1 saturated heterocycles. The van der Waals surface area contributed by atoms with E-state index in [0.717, 1.165) is 69.1 Å². The summed E-state index contributed by atoms with van der Waals surface area (Å²) >= 11 is 0. The summed E-state index contributed by atoms with van der Waals surface area (Å²) in [5.41, 5.74) is 2.01. The molecule has 2 aromatic carbocycles. The molecule has 0 aromatic heterocycles. The molecule has 1 fully saturated rings. The van der Waals surface area contributed by atoms with Crippen LogP contribution >= 0.6 is 0 Å². The predicted octanol–water partition coefficient (Wildman–Crippen LogP) is 6.02. The van der Waals surface area contributed by atoms with Crippen molar-refractivity contribution in [3.05, 3.63) is 83.6 Å². The average molecular weight is 502 g/mol. The van der Waals surface area contributed by atoms with E-state index in [9.17, 15) is 18.0 Å². The second-order valence-electron chi connectivity index (χ2n) is 8.71. The Balaban J connectivity index is 1.72. The molecule has 0 unspecified atom stereocenters. The summed E-state index contributed by atoms with van der Waals surface area (Å²) in [4.78, 5) is 17.2. The van der Waals surface area contributed by atoms with Crippen molar-refractivity contribution in [1.29, 1.82) is 0 Å². The number of benzene rings is 2. The Morgan fingerprint density at radius 1 is 1.08 bits per heavy atom. The van der Waals surface area contributed by atoms with Crippen molar-refractivity contribution in [2.75, 3.05) is 44.7 Å². The first-order valence-corrected chi connectivity index (χ1v) is 12.2. The number of hydrogen-bond donors (Lipinski definition) is 1. The van der Waals surface area contributed by atoms with Gasteiger partial charge in [-0.15, -0.1) is 0 Å². The van der Waals surface area contributed by atoms with E-state index in [2.05, 4.69) is 15.1 Å². The van der Waals surface area contributed by atoms with Crippen molar-refractivity contribution < 1.29 is 22.7 Å². The molecule has 1 amide bonds. The molecule has 0 atom stereocenters. The molecule has 36 heavy (non-hydrogen) atoms. The number of unbranched alkanes of at least 4 members (excludes halogenated alkanes) is 1. The molecule has 0 bridgehead atoms. The topological polar surface area (TPSA) is 44.8 Å². The first-order chi connectivity index (χ1) is 17.3. The minimum absolute atomic E-state index is 0.102. The highest BCUT2D eigenvalue weighted by Gasteiger charge is 2.30. The monoisotopic (exact) mass is 501 g/mol. The molecule has 0 radical (unpaired) electrons. The Kier molecular flexibility index (Phi) is 10.1. The number of ether oxygens (including phenoxy) is 1. The molecule has 8 heteroatoms. The minimum Gasteiger partial charge on any atom is -0.379 e. The van der Waals surface area contributed by atoms with Crippen molar-refractivity contribution >= 4 is 17.3 Å². The lowest BCUT2D eigenvalue weighted by atomic mass is 10.1. The fourth-order valence-electron chi connectivity index (χ4n) is 4.22. The number of anilines is 1. The molecule has 1 heterocycles. The number of carbonyl (C=O) groups excluding carboxylic acids is 1. The predicted molar refractivity (Wildman–Crippen MR) is 137 cm³/mol. The lowest BCUT2D eigenvalue weighted by Gasteiger charge is -2.30. The number of morpholine rings is 1. The average Bonchev–Trinajstić information content (AvgIpc) is 2.86. The van der Waals surface area contributed by atoms with E-state index in [0.29, 0.717) is 12.2 Å². The van der Waals surface area contributed by atoms with Crippen LogP contribution < -0.4 is 5.32 Å². The zero-order valence-electron chi connectivity index (χ0n) is 20.9. The van der Waals surface area contributed by atoms with Gasteiger partial charge in [0.15, 0.2) is 0 Å². The van der Waals surface area contributed by atoms with Crippen LogP contribution in [0.25, 0.3) is 5.70 Å². The van der Waals surface area contributed by atoms with Crippen LogP contribution in [-0.4, -0.2) is 55.1 Å². The van der Waals surface area contributed by atoms with Crippen LogP contribution in [-0.2, 0) is 15.7 Å². The maximum atomic E-state index is 13.0. The fourth-order valence-corrected chi connectivity index (χ4v) is 4.22. The number of alkyl halides is 3. The Labute approximate surface area is 211 Å². The van der Waals surface area contributed by atoms with Gasteiger partial charge < -0.3 is 15.0 Å². The summed E-state index contributed by atoms with van der Waals surface area (Å²) < 4.78 is 44.5. The van der Waals surface area contributed by atoms with E-state index in [1.54, 1.807) is 0 Å². The Bertz CT molecular complexity index is 1050. The van der Waals surface area contributed by atoms with Gasteiger partial charge in [0, 0.05) is 42.8 Å². The molecule has 0 aliphatic carbocycles. The second kappa shape index (κ2) is 13.3. The number of carbonyl (C=O) groups is 1. The number of allylic oxidation sites excluding steroid dienone is 2. The van der Waals surface area contributed by atoms with Crippen LogP contribution in [0.5, 0.6) is 0 Å². The van der Waals surface area contributed by atoms with E-state index < -0.39 is 17.6 Å². The van der Waals surface area contributed by atoms with Crippen molar-refractivity contribution in [3.63, 3.8) is 0 Å². The molecule has 0 saturated carbocycles. The lowest BCUT2D eigenvalue weighted by molar-refractivity contribution is -0.137. The molecule has 0 spiro atoms. The van der Waals surface area contributed by atoms with Gasteiger partial charge in [-0.25, -0.2) is 0 Å². The smallest absolute Gasteiger partial charge is 0.379 e. The Hall–Kier alpha value is -3.10. The number of nitrogens with one attached hydrogen (secondary N) is 1. The van der Waals surface area contributed by atoms with Crippen molar-refractivity contribution in [2.45, 2.75) is 32.9 Å². The fraction of sp³-hybridized carbons (Fsp3) is 0.393. The van der Waals surface area contributed by atoms with Crippen LogP contribution in [0.3, 0.4) is 0 Å². The van der Waals surface area contributed by atoms with Crippen molar-refractivity contribution in [1.82, 2.24) is 9.80 Å². The van der Waals surface area contributed by atoms with Gasteiger partial charge in [0.2, 0.25) is 5.91 Å². The quantitative estimate of drug-likeness (QED) is 0.319. The number of nitrogens with zero attached hydrogens (tertiary/aromatic N) is 2. The Morgan fingerprint density at radius 3 is 2.47 bits per heavy atom. The molecular formula is C28H34F3N3O2. The number of rotatable bonds is 10. The van der Waals surface area contributed by atoms with Crippen molar-refractivity contribution in [2.24, 2.45) is 0 Å². The van der Waals surface area contributed by atoms with Gasteiger partial charge in [0.1, 0.15) is 0 Å². The normalized spacial score (nSPS) is 15.6. The summed E-state index contributed by atoms with van der Waals surface area (Å²) in [6.07, 6.45) is 0.906. The van der Waals surface area contributed by atoms with Gasteiger partial charge >= 0.3 is 6.18 Å². The van der Waals surface area contributed by atoms with E-state index in [-0.39, 0.29) is 5.69 Å². The van der Waals surface area contributed by atoms with Crippen LogP contribution in [0, 0.1) is 0 Å². The van der Waals surface area contributed by atoms with Crippen LogP contribution in [0.15, 0.2) is 72.4 Å². The molecule has 1 aliphatic heterocycles. The summed E-state index contributed by atoms with van der Waals surface area (Å²) in [5.74, 6) is -0.478. The van der Waals surface area contributed by atoms with Gasteiger partial charge in [0.25, 0.3) is 0 Å². The molecule has 1 aliphatic rings. The zero-order chi connectivity index (χ0) is 26.0. The van der Waals surface area contributed by atoms with Gasteiger partial charge in [0.05, 0.1) is 18.8 Å². The largest absolute Gasteiger partial charge is 0.416 e. The highest BCUT2D eigenvalue weighted by molar-refractivity contribution is 5.99. The van der Waals surface area contributed by atoms with E-state index >= 15 is 0 Å². The van der Waals surface area contributed by atoms with Gasteiger partial charge in [-0.1, -0.05) is 42.5 Å². The third kappa shape index (κ3) is 8.24. The number of amides is 1. The zero-order valence-corrected chi connectivity index (χ0v) is 20.9. The number of hydrogen-bond acceptors (Lipinski definition) is 4. The summed E-state index contributed by atoms with van der Waals surface area (Å²) in [7, 11) is 0. The summed E-state index contributed by atoms with van der Waals surface area (Å²) in [5, 5.41) is 2.57. The summed E-state index contributed by atoms with van der Waals surface area (Å²) in [6.45, 7) is 8.94. The number of halogens is 3. The molecule has 1 N–H and O–H groups in total. The maximum Gasteiger partial charge on any atom is 0.416 e. The standard InChI is InChI=1S/C28H34F3N3O2/c1-3-26(23-10-5-4-6-11-23)34(15-8-7-14-33-16-18-36-19-17-33)22(2)20-27(35)32-25-13-9-12-24(21-25)28(29,30)31/h3-6,9-13,20-21H,7-8,14-19H2,1-2H3,(H,32,35)/b22-20+,26-3-. The van der Waals surface area contributed by atoms with Crippen LogP contribution in [0.4, 0.5) is 18.9 Å². The van der Waals surface area contributed by atoms with Gasteiger partial charge in [-0.05, 0) is 57.0 Å². The third-order valence-electron chi connectivity index (χ3n) is 6.07. The molecule has 3 rings (SSSR count). The molecule has 2 aromatic rings. The molecular weight excluding hydrogens is 467 g/mol. The Morgan fingerprint density at radius 2 is 1.81 bits per heavy atom. The van der Waals surface area contributed by atoms with E-state index in [4.69, 9.17) is 4.74 Å². The second-order valence-corrected chi connectivity index (χ2v) is 8.71. The third-order valence-corrected chi connectivity index (χ3v) is 6.07. The lowest BCUT2D eigenvalue weighted by Crippen LogP contribution is -2.37. The minimum atomic E-state index is -4.47. The molecule has 194 valence electrons. The first kappa shape index (κ1) is 27.5. The van der Waals surface area contributed by atoms with Gasteiger partial charge in [-0.2, -0.15) is 13.2 Å². The van der Waals surface area contributed by atoms with Crippen molar-refractivity contribution in [3.8, 4) is 0 Å². The van der Waals surface area contributed by atoms with Gasteiger partial charge in [-0.3, -0.25) is 9.69 Å². The summed E-state index contributed by atoms with van der Waals surface area (Å²) in [6, 6.07) is 14.6. The maximum absolute atomic E-state index is 13.0. The highest BCUT2D eigenvalue weighted by Crippen LogP contribution is 2.31. The SMILES string of the molecule is C/C=C(/c1ccccc1)N(CCCCN1CCOCC1)/C(C)=C/C(=O)Nc1cccc(C(F)(F)F)c1.